The summed E-state index contributed by atoms with van der Waals surface area (Å²) in [6.45, 7) is 1.67. The molecule has 0 unspecified atom stereocenters. The number of benzene rings is 2. The van der Waals surface area contributed by atoms with Crippen molar-refractivity contribution in [3.63, 3.8) is 0 Å². The van der Waals surface area contributed by atoms with Crippen molar-refractivity contribution in [2.75, 3.05) is 7.11 Å². The van der Waals surface area contributed by atoms with Crippen LogP contribution in [-0.2, 0) is 9.53 Å². The molecule has 1 aliphatic heterocycles. The monoisotopic (exact) mass is 328 g/mol. The van der Waals surface area contributed by atoms with E-state index in [1.165, 1.54) is 7.11 Å². The van der Waals surface area contributed by atoms with Gasteiger partial charge in [-0.25, -0.2) is 4.79 Å². The van der Waals surface area contributed by atoms with Crippen molar-refractivity contribution in [3.05, 3.63) is 59.7 Å². The van der Waals surface area contributed by atoms with Crippen molar-refractivity contribution in [2.24, 2.45) is 0 Å². The highest BCUT2D eigenvalue weighted by molar-refractivity contribution is 5.80. The smallest absolute Gasteiger partial charge is 0.340 e. The molecule has 0 saturated carbocycles. The number of nitrogens with one attached hydrogen (secondary N) is 2. The van der Waals surface area contributed by atoms with Crippen LogP contribution < -0.4 is 10.6 Å². The minimum absolute atomic E-state index is 0.117. The lowest BCUT2D eigenvalue weighted by atomic mass is 9.94. The summed E-state index contributed by atoms with van der Waals surface area (Å²) in [5.41, 5.74) is 0.117. The Hall–Kier alpha value is -2.57. The van der Waals surface area contributed by atoms with Crippen molar-refractivity contribution in [3.8, 4) is 11.5 Å². The Balaban J connectivity index is 2.08. The minimum atomic E-state index is -1.14. The van der Waals surface area contributed by atoms with Crippen LogP contribution >= 0.6 is 0 Å². The van der Waals surface area contributed by atoms with Gasteiger partial charge in [-0.1, -0.05) is 36.4 Å². The van der Waals surface area contributed by atoms with Gasteiger partial charge in [-0.2, -0.15) is 0 Å². The van der Waals surface area contributed by atoms with Gasteiger partial charge in [-0.15, -0.1) is 0 Å². The summed E-state index contributed by atoms with van der Waals surface area (Å²) in [5.74, 6) is -0.237. The van der Waals surface area contributed by atoms with Gasteiger partial charge in [-0.3, -0.25) is 10.6 Å². The number of ether oxygens (including phenoxy) is 1. The van der Waals surface area contributed by atoms with Crippen LogP contribution in [0.2, 0.25) is 0 Å². The highest BCUT2D eigenvalue weighted by Crippen LogP contribution is 2.42. The molecule has 3 rings (SSSR count). The average molecular weight is 328 g/mol. The molecule has 24 heavy (non-hydrogen) atoms. The molecule has 2 aromatic rings. The summed E-state index contributed by atoms with van der Waals surface area (Å²) in [7, 11) is 1.32. The van der Waals surface area contributed by atoms with E-state index in [0.29, 0.717) is 11.1 Å². The third kappa shape index (κ3) is 2.70. The van der Waals surface area contributed by atoms with E-state index in [4.69, 9.17) is 4.74 Å². The Morgan fingerprint density at radius 3 is 1.75 bits per heavy atom. The van der Waals surface area contributed by atoms with Gasteiger partial charge < -0.3 is 14.9 Å². The van der Waals surface area contributed by atoms with Gasteiger partial charge >= 0.3 is 5.97 Å². The number of carbonyl (C=O) groups excluding carboxylic acids is 1. The molecule has 2 atom stereocenters. The molecule has 126 valence electrons. The van der Waals surface area contributed by atoms with Crippen molar-refractivity contribution < 1.29 is 19.7 Å². The Morgan fingerprint density at radius 1 is 0.958 bits per heavy atom. The fourth-order valence-electron chi connectivity index (χ4n) is 3.17. The first-order valence-electron chi connectivity index (χ1n) is 7.66. The standard InChI is InChI=1S/C18H20N2O4/c1-18(17(23)24-2)19-15(11-7-3-5-9-13(11)21)16(20-18)12-8-4-6-10-14(12)22/h3-10,15-16,19-22H,1-2H3/t15-,16-/m1/s1. The molecule has 4 N–H and O–H groups in total. The zero-order valence-electron chi connectivity index (χ0n) is 13.5. The van der Waals surface area contributed by atoms with Crippen molar-refractivity contribution in [1.82, 2.24) is 10.6 Å². The van der Waals surface area contributed by atoms with Crippen LogP contribution in [0.25, 0.3) is 0 Å². The number of hydrogen-bond acceptors (Lipinski definition) is 6. The molecule has 0 spiro atoms. The minimum Gasteiger partial charge on any atom is -0.508 e. The van der Waals surface area contributed by atoms with E-state index in [2.05, 4.69) is 10.6 Å². The van der Waals surface area contributed by atoms with E-state index in [0.717, 1.165) is 0 Å². The fourth-order valence-corrected chi connectivity index (χ4v) is 3.17. The first kappa shape index (κ1) is 16.3. The molecule has 0 aliphatic carbocycles. The third-order valence-corrected chi connectivity index (χ3v) is 4.36. The van der Waals surface area contributed by atoms with Crippen molar-refractivity contribution in [2.45, 2.75) is 24.7 Å². The zero-order chi connectivity index (χ0) is 17.3. The summed E-state index contributed by atoms with van der Waals surface area (Å²) in [6, 6.07) is 13.0. The lowest BCUT2D eigenvalue weighted by molar-refractivity contribution is -0.148. The maximum atomic E-state index is 12.2. The molecule has 1 aliphatic rings. The number of para-hydroxylation sites is 2. The number of methoxy groups -OCH3 is 1. The molecule has 2 aromatic carbocycles. The second-order valence-corrected chi connectivity index (χ2v) is 5.98. The van der Waals surface area contributed by atoms with E-state index in [9.17, 15) is 15.0 Å². The third-order valence-electron chi connectivity index (χ3n) is 4.36. The van der Waals surface area contributed by atoms with E-state index >= 15 is 0 Å². The van der Waals surface area contributed by atoms with Crippen LogP contribution in [0.1, 0.15) is 30.1 Å². The van der Waals surface area contributed by atoms with Crippen LogP contribution in [0.3, 0.4) is 0 Å². The van der Waals surface area contributed by atoms with Crippen LogP contribution in [-0.4, -0.2) is 29.0 Å². The summed E-state index contributed by atoms with van der Waals surface area (Å²) < 4.78 is 4.88. The topological polar surface area (TPSA) is 90.8 Å². The van der Waals surface area contributed by atoms with Gasteiger partial charge in [0.2, 0.25) is 0 Å². The summed E-state index contributed by atoms with van der Waals surface area (Å²) in [4.78, 5) is 12.2. The van der Waals surface area contributed by atoms with Gasteiger partial charge in [0.1, 0.15) is 11.5 Å². The molecule has 0 radical (unpaired) electrons. The maximum Gasteiger partial charge on any atom is 0.340 e. The highest BCUT2D eigenvalue weighted by Gasteiger charge is 2.49. The van der Waals surface area contributed by atoms with Gasteiger partial charge in [0.15, 0.2) is 5.66 Å². The molecule has 1 saturated heterocycles. The molecular formula is C18H20N2O4. The van der Waals surface area contributed by atoms with E-state index < -0.39 is 23.7 Å². The predicted octanol–water partition coefficient (Wildman–Crippen LogP) is 1.96. The summed E-state index contributed by atoms with van der Waals surface area (Å²) >= 11 is 0. The molecule has 0 amide bonds. The number of phenolic OH excluding ortho intramolecular Hbond substituents is 2. The van der Waals surface area contributed by atoms with Gasteiger partial charge in [0.25, 0.3) is 0 Å². The second kappa shape index (κ2) is 6.14. The molecule has 6 heteroatoms. The first-order chi connectivity index (χ1) is 11.5. The molecule has 1 heterocycles. The maximum absolute atomic E-state index is 12.2. The number of aromatic hydroxyl groups is 2. The Bertz CT molecular complexity index is 709. The molecule has 0 aromatic heterocycles. The van der Waals surface area contributed by atoms with Crippen LogP contribution in [0.4, 0.5) is 0 Å². The largest absolute Gasteiger partial charge is 0.508 e. The van der Waals surface area contributed by atoms with E-state index in [1.807, 2.05) is 12.1 Å². The Kier molecular flexibility index (Phi) is 4.17. The summed E-state index contributed by atoms with van der Waals surface area (Å²) in [5, 5.41) is 26.8. The normalized spacial score (nSPS) is 22.2. The van der Waals surface area contributed by atoms with Crippen LogP contribution in [0, 0.1) is 0 Å². The Labute approximate surface area is 140 Å². The quantitative estimate of drug-likeness (QED) is 0.644. The predicted molar refractivity (Wildman–Crippen MR) is 88.4 cm³/mol. The number of esters is 1. The van der Waals surface area contributed by atoms with Gasteiger partial charge in [0, 0.05) is 11.1 Å². The van der Waals surface area contributed by atoms with Gasteiger partial charge in [0.05, 0.1) is 19.2 Å². The van der Waals surface area contributed by atoms with Crippen LogP contribution in [0.15, 0.2) is 48.5 Å². The van der Waals surface area contributed by atoms with Crippen molar-refractivity contribution >= 4 is 5.97 Å². The molecule has 6 nitrogen and oxygen atoms in total. The SMILES string of the molecule is COC(=O)C1(C)N[C@H](c2ccccc2O)[C@@H](c2ccccc2O)N1. The second-order valence-electron chi connectivity index (χ2n) is 5.98. The number of phenols is 2. The lowest BCUT2D eigenvalue weighted by Gasteiger charge is -2.22. The summed E-state index contributed by atoms with van der Waals surface area (Å²) in [6.07, 6.45) is 0. The highest BCUT2D eigenvalue weighted by atomic mass is 16.5. The average Bonchev–Trinajstić information content (AvgIpc) is 2.93. The number of carbonyl (C=O) groups is 1. The van der Waals surface area contributed by atoms with E-state index in [1.54, 1.807) is 43.3 Å². The number of hydrogen-bond donors (Lipinski definition) is 4. The molecule has 1 fully saturated rings. The van der Waals surface area contributed by atoms with Crippen LogP contribution in [0.5, 0.6) is 11.5 Å². The van der Waals surface area contributed by atoms with Crippen molar-refractivity contribution in [1.29, 1.82) is 0 Å². The fraction of sp³-hybridized carbons (Fsp3) is 0.278. The van der Waals surface area contributed by atoms with E-state index in [-0.39, 0.29) is 11.5 Å². The Morgan fingerprint density at radius 2 is 1.38 bits per heavy atom. The molecule has 0 bridgehead atoms. The zero-order valence-corrected chi connectivity index (χ0v) is 13.5. The molecular weight excluding hydrogens is 308 g/mol. The first-order valence-corrected chi connectivity index (χ1v) is 7.66. The lowest BCUT2D eigenvalue weighted by Crippen LogP contribution is -2.54. The van der Waals surface area contributed by atoms with Gasteiger partial charge in [-0.05, 0) is 19.1 Å². The number of rotatable bonds is 3.